The first-order chi connectivity index (χ1) is 7.18. The summed E-state index contributed by atoms with van der Waals surface area (Å²) in [5.41, 5.74) is 5.43. The van der Waals surface area contributed by atoms with Crippen LogP contribution in [0.15, 0.2) is 0 Å². The molecule has 2 heterocycles. The summed E-state index contributed by atoms with van der Waals surface area (Å²) in [5.74, 6) is -0.133. The lowest BCUT2D eigenvalue weighted by Gasteiger charge is -2.37. The zero-order chi connectivity index (χ0) is 10.8. The molecule has 2 N–H and O–H groups in total. The van der Waals surface area contributed by atoms with E-state index in [1.165, 1.54) is 12.8 Å². The quantitative estimate of drug-likeness (QED) is 0.701. The van der Waals surface area contributed by atoms with Crippen LogP contribution in [0.1, 0.15) is 25.7 Å². The summed E-state index contributed by atoms with van der Waals surface area (Å²) >= 11 is 0. The summed E-state index contributed by atoms with van der Waals surface area (Å²) in [5, 5.41) is 0. The molecule has 0 saturated carbocycles. The number of amides is 1. The Kier molecular flexibility index (Phi) is 3.26. The SMILES string of the molecule is CN1CCC(N2CCC[C@@H]2C(N)=O)CC1. The number of rotatable bonds is 2. The summed E-state index contributed by atoms with van der Waals surface area (Å²) in [6, 6.07) is 0.597. The Bertz CT molecular complexity index is 236. The highest BCUT2D eigenvalue weighted by atomic mass is 16.1. The van der Waals surface area contributed by atoms with Gasteiger partial charge in [0.25, 0.3) is 0 Å². The Balaban J connectivity index is 1.94. The molecule has 4 nitrogen and oxygen atoms in total. The van der Waals surface area contributed by atoms with E-state index in [9.17, 15) is 4.79 Å². The highest BCUT2D eigenvalue weighted by Gasteiger charge is 2.34. The lowest BCUT2D eigenvalue weighted by Crippen LogP contribution is -2.49. The number of primary amides is 1. The molecule has 86 valence electrons. The van der Waals surface area contributed by atoms with Crippen molar-refractivity contribution in [2.75, 3.05) is 26.7 Å². The van der Waals surface area contributed by atoms with Crippen molar-refractivity contribution in [2.45, 2.75) is 37.8 Å². The van der Waals surface area contributed by atoms with E-state index in [2.05, 4.69) is 16.8 Å². The first kappa shape index (κ1) is 10.9. The van der Waals surface area contributed by atoms with Crippen LogP contribution in [0.25, 0.3) is 0 Å². The van der Waals surface area contributed by atoms with E-state index >= 15 is 0 Å². The number of hydrogen-bond acceptors (Lipinski definition) is 3. The van der Waals surface area contributed by atoms with Crippen LogP contribution >= 0.6 is 0 Å². The van der Waals surface area contributed by atoms with E-state index < -0.39 is 0 Å². The van der Waals surface area contributed by atoms with Gasteiger partial charge < -0.3 is 10.6 Å². The normalized spacial score (nSPS) is 30.9. The van der Waals surface area contributed by atoms with Gasteiger partial charge in [-0.1, -0.05) is 0 Å². The van der Waals surface area contributed by atoms with Crippen LogP contribution in [0.5, 0.6) is 0 Å². The molecule has 0 spiro atoms. The minimum absolute atomic E-state index is 0.0124. The van der Waals surface area contributed by atoms with E-state index in [0.29, 0.717) is 6.04 Å². The van der Waals surface area contributed by atoms with Gasteiger partial charge in [-0.25, -0.2) is 0 Å². The number of carbonyl (C=O) groups is 1. The van der Waals surface area contributed by atoms with E-state index in [1.54, 1.807) is 0 Å². The topological polar surface area (TPSA) is 49.6 Å². The number of nitrogens with two attached hydrogens (primary N) is 1. The third-order valence-corrected chi connectivity index (χ3v) is 3.78. The molecule has 15 heavy (non-hydrogen) atoms. The van der Waals surface area contributed by atoms with Gasteiger partial charge in [0.15, 0.2) is 0 Å². The smallest absolute Gasteiger partial charge is 0.234 e. The van der Waals surface area contributed by atoms with Crippen molar-refractivity contribution in [1.82, 2.24) is 9.80 Å². The molecule has 2 rings (SSSR count). The van der Waals surface area contributed by atoms with Crippen molar-refractivity contribution in [2.24, 2.45) is 5.73 Å². The lowest BCUT2D eigenvalue weighted by atomic mass is 10.0. The molecule has 0 aromatic rings. The Hall–Kier alpha value is -0.610. The molecule has 1 amide bonds. The molecule has 1 atom stereocenters. The fourth-order valence-corrected chi connectivity index (χ4v) is 2.86. The number of piperidine rings is 1. The Morgan fingerprint density at radius 3 is 2.47 bits per heavy atom. The Morgan fingerprint density at radius 2 is 1.87 bits per heavy atom. The summed E-state index contributed by atoms with van der Waals surface area (Å²) in [4.78, 5) is 16.0. The number of hydrogen-bond donors (Lipinski definition) is 1. The van der Waals surface area contributed by atoms with Crippen LogP contribution in [0.3, 0.4) is 0 Å². The third-order valence-electron chi connectivity index (χ3n) is 3.78. The van der Waals surface area contributed by atoms with Gasteiger partial charge in [-0.15, -0.1) is 0 Å². The average molecular weight is 211 g/mol. The molecule has 0 unspecified atom stereocenters. The second-order valence-electron chi connectivity index (χ2n) is 4.83. The van der Waals surface area contributed by atoms with Gasteiger partial charge in [0, 0.05) is 6.04 Å². The standard InChI is InChI=1S/C11H21N3O/c1-13-7-4-9(5-8-13)14-6-2-3-10(14)11(12)15/h9-10H,2-8H2,1H3,(H2,12,15)/t10-/m1/s1. The molecule has 2 saturated heterocycles. The highest BCUT2D eigenvalue weighted by molar-refractivity contribution is 5.80. The van der Waals surface area contributed by atoms with Crippen LogP contribution in [-0.2, 0) is 4.79 Å². The predicted octanol–water partition coefficient (Wildman–Crippen LogP) is 0.0303. The second kappa shape index (κ2) is 4.49. The molecule has 0 bridgehead atoms. The van der Waals surface area contributed by atoms with Crippen LogP contribution in [-0.4, -0.2) is 54.5 Å². The molecule has 0 radical (unpaired) electrons. The molecular formula is C11H21N3O. The summed E-state index contributed by atoms with van der Waals surface area (Å²) in [6.07, 6.45) is 4.45. The van der Waals surface area contributed by atoms with E-state index in [-0.39, 0.29) is 11.9 Å². The summed E-state index contributed by atoms with van der Waals surface area (Å²) in [7, 11) is 2.16. The second-order valence-corrected chi connectivity index (χ2v) is 4.83. The Labute approximate surface area is 91.4 Å². The zero-order valence-corrected chi connectivity index (χ0v) is 9.48. The molecule has 0 aliphatic carbocycles. The van der Waals surface area contributed by atoms with Gasteiger partial charge in [0.2, 0.25) is 5.91 Å². The highest BCUT2D eigenvalue weighted by Crippen LogP contribution is 2.25. The van der Waals surface area contributed by atoms with E-state index in [1.807, 2.05) is 0 Å². The van der Waals surface area contributed by atoms with Gasteiger partial charge in [-0.05, 0) is 52.4 Å². The van der Waals surface area contributed by atoms with Gasteiger partial charge in [-0.3, -0.25) is 9.69 Å². The molecule has 2 aliphatic rings. The fourth-order valence-electron chi connectivity index (χ4n) is 2.86. The maximum Gasteiger partial charge on any atom is 0.234 e. The van der Waals surface area contributed by atoms with Gasteiger partial charge in [0.1, 0.15) is 0 Å². The number of likely N-dealkylation sites (tertiary alicyclic amines) is 2. The maximum absolute atomic E-state index is 11.3. The molecular weight excluding hydrogens is 190 g/mol. The van der Waals surface area contributed by atoms with Crippen LogP contribution < -0.4 is 5.73 Å². The maximum atomic E-state index is 11.3. The first-order valence-electron chi connectivity index (χ1n) is 5.92. The van der Waals surface area contributed by atoms with Crippen molar-refractivity contribution in [3.8, 4) is 0 Å². The molecule has 4 heteroatoms. The largest absolute Gasteiger partial charge is 0.368 e. The van der Waals surface area contributed by atoms with Crippen LogP contribution in [0.2, 0.25) is 0 Å². The monoisotopic (exact) mass is 211 g/mol. The number of nitrogens with zero attached hydrogens (tertiary/aromatic N) is 2. The van der Waals surface area contributed by atoms with Crippen molar-refractivity contribution in [3.05, 3.63) is 0 Å². The van der Waals surface area contributed by atoms with Crippen LogP contribution in [0.4, 0.5) is 0 Å². The van der Waals surface area contributed by atoms with Gasteiger partial charge >= 0.3 is 0 Å². The average Bonchev–Trinajstić information content (AvgIpc) is 2.67. The minimum Gasteiger partial charge on any atom is -0.368 e. The molecule has 0 aromatic heterocycles. The van der Waals surface area contributed by atoms with Crippen molar-refractivity contribution in [1.29, 1.82) is 0 Å². The zero-order valence-electron chi connectivity index (χ0n) is 9.48. The van der Waals surface area contributed by atoms with Crippen molar-refractivity contribution >= 4 is 5.91 Å². The minimum atomic E-state index is -0.133. The van der Waals surface area contributed by atoms with Crippen LogP contribution in [0, 0.1) is 0 Å². The van der Waals surface area contributed by atoms with E-state index in [4.69, 9.17) is 5.73 Å². The summed E-state index contributed by atoms with van der Waals surface area (Å²) in [6.45, 7) is 3.35. The molecule has 2 aliphatic heterocycles. The predicted molar refractivity (Wildman–Crippen MR) is 59.4 cm³/mol. The van der Waals surface area contributed by atoms with E-state index in [0.717, 1.165) is 32.5 Å². The lowest BCUT2D eigenvalue weighted by molar-refractivity contribution is -0.123. The molecule has 0 aromatic carbocycles. The fraction of sp³-hybridized carbons (Fsp3) is 0.909. The summed E-state index contributed by atoms with van der Waals surface area (Å²) < 4.78 is 0. The third kappa shape index (κ3) is 2.32. The first-order valence-corrected chi connectivity index (χ1v) is 5.92. The van der Waals surface area contributed by atoms with Gasteiger partial charge in [-0.2, -0.15) is 0 Å². The van der Waals surface area contributed by atoms with Gasteiger partial charge in [0.05, 0.1) is 6.04 Å². The van der Waals surface area contributed by atoms with Crippen molar-refractivity contribution < 1.29 is 4.79 Å². The van der Waals surface area contributed by atoms with Crippen molar-refractivity contribution in [3.63, 3.8) is 0 Å². The number of carbonyl (C=O) groups excluding carboxylic acids is 1. The Morgan fingerprint density at radius 1 is 1.20 bits per heavy atom. The molecule has 2 fully saturated rings.